The Kier molecular flexibility index (Phi) is 2.32. The van der Waals surface area contributed by atoms with Crippen molar-refractivity contribution in [2.75, 3.05) is 12.3 Å². The zero-order valence-electron chi connectivity index (χ0n) is 7.78. The van der Waals surface area contributed by atoms with Crippen molar-refractivity contribution >= 4 is 9.84 Å². The van der Waals surface area contributed by atoms with E-state index in [-0.39, 0.29) is 11.5 Å². The Balaban J connectivity index is 2.34. The number of nitrogens with two attached hydrogens (primary N) is 1. The fourth-order valence-electron chi connectivity index (χ4n) is 1.75. The molecular weight excluding hydrogens is 202 g/mol. The Morgan fingerprint density at radius 2 is 2.29 bits per heavy atom. The molecule has 6 heteroatoms. The van der Waals surface area contributed by atoms with E-state index in [1.54, 1.807) is 0 Å². The van der Waals surface area contributed by atoms with Gasteiger partial charge in [0.15, 0.2) is 9.84 Å². The number of hydrogen-bond donors (Lipinski definition) is 2. The van der Waals surface area contributed by atoms with Crippen LogP contribution in [0.3, 0.4) is 0 Å². The molecule has 0 saturated carbocycles. The van der Waals surface area contributed by atoms with Crippen LogP contribution in [-0.4, -0.2) is 30.9 Å². The summed E-state index contributed by atoms with van der Waals surface area (Å²) in [4.78, 5) is 0. The molecule has 0 bridgehead atoms. The van der Waals surface area contributed by atoms with E-state index < -0.39 is 9.84 Å². The van der Waals surface area contributed by atoms with Crippen LogP contribution in [0.4, 0.5) is 0 Å². The maximum absolute atomic E-state index is 11.3. The standard InChI is InChI=1S/C8H13N3O2S/c9-3-1-7-6-2-4-14(12,13)5-8(6)11-10-7/h1-5,9H2,(H,10,11). The summed E-state index contributed by atoms with van der Waals surface area (Å²) < 4.78 is 22.6. The Bertz CT molecular complexity index is 435. The van der Waals surface area contributed by atoms with Crippen molar-refractivity contribution in [2.45, 2.75) is 18.6 Å². The van der Waals surface area contributed by atoms with E-state index in [0.29, 0.717) is 19.4 Å². The van der Waals surface area contributed by atoms with E-state index >= 15 is 0 Å². The average Bonchev–Trinajstić information content (AvgIpc) is 2.47. The SMILES string of the molecule is NCCc1n[nH]c2c1CCS(=O)(=O)C2. The molecule has 0 unspecified atom stereocenters. The van der Waals surface area contributed by atoms with E-state index in [2.05, 4.69) is 10.2 Å². The third-order valence-corrected chi connectivity index (χ3v) is 4.00. The summed E-state index contributed by atoms with van der Waals surface area (Å²) in [5, 5.41) is 6.87. The molecule has 0 aromatic carbocycles. The van der Waals surface area contributed by atoms with Crippen LogP contribution in [0, 0.1) is 0 Å². The van der Waals surface area contributed by atoms with Crippen molar-refractivity contribution in [1.82, 2.24) is 10.2 Å². The second kappa shape index (κ2) is 3.36. The van der Waals surface area contributed by atoms with Gasteiger partial charge in [0.25, 0.3) is 0 Å². The van der Waals surface area contributed by atoms with Gasteiger partial charge in [-0.05, 0) is 18.5 Å². The Hall–Kier alpha value is -0.880. The second-order valence-corrected chi connectivity index (χ2v) is 5.69. The van der Waals surface area contributed by atoms with E-state index in [4.69, 9.17) is 5.73 Å². The van der Waals surface area contributed by atoms with Crippen LogP contribution in [0.2, 0.25) is 0 Å². The number of aromatic nitrogens is 2. The van der Waals surface area contributed by atoms with Crippen LogP contribution < -0.4 is 5.73 Å². The fourth-order valence-corrected chi connectivity index (χ4v) is 3.09. The van der Waals surface area contributed by atoms with Crippen LogP contribution in [0.5, 0.6) is 0 Å². The molecule has 78 valence electrons. The van der Waals surface area contributed by atoms with Gasteiger partial charge in [0.2, 0.25) is 0 Å². The van der Waals surface area contributed by atoms with Gasteiger partial charge in [-0.15, -0.1) is 0 Å². The summed E-state index contributed by atoms with van der Waals surface area (Å²) in [6.45, 7) is 0.546. The molecule has 0 saturated heterocycles. The van der Waals surface area contributed by atoms with E-state index in [0.717, 1.165) is 17.0 Å². The number of rotatable bonds is 2. The molecule has 1 aliphatic rings. The molecule has 0 fully saturated rings. The molecule has 2 heterocycles. The number of fused-ring (bicyclic) bond motifs is 1. The minimum absolute atomic E-state index is 0.0971. The normalized spacial score (nSPS) is 19.2. The third kappa shape index (κ3) is 1.67. The lowest BCUT2D eigenvalue weighted by molar-refractivity contribution is 0.591. The Labute approximate surface area is 82.6 Å². The summed E-state index contributed by atoms with van der Waals surface area (Å²) in [5.41, 5.74) is 8.17. The lowest BCUT2D eigenvalue weighted by Crippen LogP contribution is -2.19. The first-order valence-corrected chi connectivity index (χ1v) is 6.40. The molecule has 1 aromatic rings. The van der Waals surface area contributed by atoms with Crippen LogP contribution in [0.15, 0.2) is 0 Å². The molecule has 3 N–H and O–H groups in total. The summed E-state index contributed by atoms with van der Waals surface area (Å²) in [7, 11) is -2.90. The predicted octanol–water partition coefficient (Wildman–Crippen LogP) is -0.618. The zero-order valence-corrected chi connectivity index (χ0v) is 8.60. The van der Waals surface area contributed by atoms with Gasteiger partial charge < -0.3 is 5.73 Å². The van der Waals surface area contributed by atoms with Crippen molar-refractivity contribution in [3.63, 3.8) is 0 Å². The highest BCUT2D eigenvalue weighted by Gasteiger charge is 2.25. The van der Waals surface area contributed by atoms with Gasteiger partial charge >= 0.3 is 0 Å². The van der Waals surface area contributed by atoms with Gasteiger partial charge in [-0.3, -0.25) is 5.10 Å². The van der Waals surface area contributed by atoms with Crippen molar-refractivity contribution in [1.29, 1.82) is 0 Å². The predicted molar refractivity (Wildman–Crippen MR) is 52.5 cm³/mol. The molecule has 5 nitrogen and oxygen atoms in total. The summed E-state index contributed by atoms with van der Waals surface area (Å²) >= 11 is 0. The summed E-state index contributed by atoms with van der Waals surface area (Å²) in [5.74, 6) is 0.330. The van der Waals surface area contributed by atoms with Gasteiger partial charge in [-0.1, -0.05) is 0 Å². The minimum atomic E-state index is -2.90. The van der Waals surface area contributed by atoms with E-state index in [9.17, 15) is 8.42 Å². The molecule has 0 amide bonds. The Morgan fingerprint density at radius 3 is 3.00 bits per heavy atom. The number of nitrogens with zero attached hydrogens (tertiary/aromatic N) is 1. The fraction of sp³-hybridized carbons (Fsp3) is 0.625. The lowest BCUT2D eigenvalue weighted by atomic mass is 10.1. The minimum Gasteiger partial charge on any atom is -0.330 e. The highest BCUT2D eigenvalue weighted by molar-refractivity contribution is 7.90. The molecule has 0 aliphatic carbocycles. The first-order valence-electron chi connectivity index (χ1n) is 4.58. The van der Waals surface area contributed by atoms with Crippen LogP contribution >= 0.6 is 0 Å². The van der Waals surface area contributed by atoms with Gasteiger partial charge in [0, 0.05) is 6.42 Å². The van der Waals surface area contributed by atoms with Gasteiger partial charge in [0.1, 0.15) is 0 Å². The molecule has 0 atom stereocenters. The molecule has 1 aromatic heterocycles. The van der Waals surface area contributed by atoms with Crippen LogP contribution in [0.1, 0.15) is 17.0 Å². The van der Waals surface area contributed by atoms with Crippen molar-refractivity contribution < 1.29 is 8.42 Å². The average molecular weight is 215 g/mol. The van der Waals surface area contributed by atoms with Gasteiger partial charge in [-0.2, -0.15) is 5.10 Å². The molecule has 0 spiro atoms. The molecular formula is C8H13N3O2S. The molecule has 2 rings (SSSR count). The molecule has 14 heavy (non-hydrogen) atoms. The van der Waals surface area contributed by atoms with E-state index in [1.165, 1.54) is 0 Å². The quantitative estimate of drug-likeness (QED) is 0.688. The maximum atomic E-state index is 11.3. The highest BCUT2D eigenvalue weighted by atomic mass is 32.2. The number of aromatic amines is 1. The highest BCUT2D eigenvalue weighted by Crippen LogP contribution is 2.21. The number of nitrogens with one attached hydrogen (secondary N) is 1. The first-order chi connectivity index (χ1) is 6.62. The van der Waals surface area contributed by atoms with E-state index in [1.807, 2.05) is 0 Å². The third-order valence-electron chi connectivity index (χ3n) is 2.45. The zero-order chi connectivity index (χ0) is 10.2. The van der Waals surface area contributed by atoms with Crippen LogP contribution in [-0.2, 0) is 28.4 Å². The monoisotopic (exact) mass is 215 g/mol. The van der Waals surface area contributed by atoms with Crippen molar-refractivity contribution in [3.8, 4) is 0 Å². The summed E-state index contributed by atoms with van der Waals surface area (Å²) in [6, 6.07) is 0. The van der Waals surface area contributed by atoms with Crippen molar-refractivity contribution in [3.05, 3.63) is 17.0 Å². The lowest BCUT2D eigenvalue weighted by Gasteiger charge is -2.11. The number of sulfone groups is 1. The number of H-pyrrole nitrogens is 1. The molecule has 0 radical (unpaired) electrons. The first kappa shape index (κ1) is 9.67. The van der Waals surface area contributed by atoms with Gasteiger partial charge in [0.05, 0.1) is 22.9 Å². The maximum Gasteiger partial charge on any atom is 0.156 e. The summed E-state index contributed by atoms with van der Waals surface area (Å²) in [6.07, 6.45) is 1.29. The Morgan fingerprint density at radius 1 is 1.50 bits per heavy atom. The smallest absolute Gasteiger partial charge is 0.156 e. The largest absolute Gasteiger partial charge is 0.330 e. The number of hydrogen-bond acceptors (Lipinski definition) is 4. The second-order valence-electron chi connectivity index (χ2n) is 3.51. The van der Waals surface area contributed by atoms with Crippen LogP contribution in [0.25, 0.3) is 0 Å². The molecule has 1 aliphatic heterocycles. The van der Waals surface area contributed by atoms with Gasteiger partial charge in [-0.25, -0.2) is 8.42 Å². The topological polar surface area (TPSA) is 88.8 Å². The van der Waals surface area contributed by atoms with Crippen molar-refractivity contribution in [2.24, 2.45) is 5.73 Å².